The lowest BCUT2D eigenvalue weighted by atomic mass is 9.96. The van der Waals surface area contributed by atoms with Crippen LogP contribution in [0.5, 0.6) is 17.2 Å². The lowest BCUT2D eigenvalue weighted by Gasteiger charge is -2.30. The van der Waals surface area contributed by atoms with Crippen LogP contribution in [0.25, 0.3) is 0 Å². The summed E-state index contributed by atoms with van der Waals surface area (Å²) in [6, 6.07) is 8.65. The van der Waals surface area contributed by atoms with E-state index in [1.54, 1.807) is 25.3 Å². The monoisotopic (exact) mass is 528 g/mol. The summed E-state index contributed by atoms with van der Waals surface area (Å²) in [6.45, 7) is 4.97. The second kappa shape index (κ2) is 11.2. The van der Waals surface area contributed by atoms with E-state index < -0.39 is 10.0 Å². The van der Waals surface area contributed by atoms with E-state index in [1.165, 1.54) is 10.6 Å². The largest absolute Gasteiger partial charge is 0.496 e. The second-order valence-electron chi connectivity index (χ2n) is 8.81. The van der Waals surface area contributed by atoms with Crippen molar-refractivity contribution in [3.8, 4) is 17.2 Å². The highest BCUT2D eigenvalue weighted by molar-refractivity contribution is 7.88. The number of amides is 1. The van der Waals surface area contributed by atoms with E-state index >= 15 is 0 Å². The van der Waals surface area contributed by atoms with Crippen molar-refractivity contribution in [1.29, 1.82) is 0 Å². The van der Waals surface area contributed by atoms with Crippen LogP contribution < -0.4 is 14.8 Å². The molecule has 3 rings (SSSR count). The molecule has 7 nitrogen and oxygen atoms in total. The summed E-state index contributed by atoms with van der Waals surface area (Å²) in [6.07, 6.45) is 2.94. The molecule has 186 valence electrons. The van der Waals surface area contributed by atoms with E-state index in [0.29, 0.717) is 24.5 Å². The average Bonchev–Trinajstić information content (AvgIpc) is 2.75. The molecule has 0 spiro atoms. The molecule has 1 fully saturated rings. The van der Waals surface area contributed by atoms with Crippen LogP contribution in [-0.4, -0.2) is 45.1 Å². The molecule has 0 aromatic heterocycles. The van der Waals surface area contributed by atoms with Gasteiger partial charge >= 0.3 is 0 Å². The first-order valence-corrected chi connectivity index (χ1v) is 13.7. The third-order valence-electron chi connectivity index (χ3n) is 5.75. The summed E-state index contributed by atoms with van der Waals surface area (Å²) >= 11 is 12.9. The maximum atomic E-state index is 12.6. The van der Waals surface area contributed by atoms with Crippen molar-refractivity contribution in [3.63, 3.8) is 0 Å². The fourth-order valence-corrected chi connectivity index (χ4v) is 5.55. The molecular formula is C24H30Cl2N2O5S. The highest BCUT2D eigenvalue weighted by Crippen LogP contribution is 2.40. The number of methoxy groups -OCH3 is 1. The molecule has 1 aliphatic heterocycles. The standard InChI is InChI=1S/C24H30Cl2N2O5S/c1-15(2)19-13-18(7-8-22(19)32-3)33-24-20(25)11-17(12-21(24)26)27-23(29)10-16-6-5-9-28(14-16)34(4,30)31/h7-8,11-13,15-16H,5-6,9-10,14H2,1-4H3,(H,27,29). The average molecular weight is 529 g/mol. The lowest BCUT2D eigenvalue weighted by Crippen LogP contribution is -2.40. The van der Waals surface area contributed by atoms with E-state index in [2.05, 4.69) is 19.2 Å². The Balaban J connectivity index is 1.68. The Morgan fingerprint density at radius 3 is 2.47 bits per heavy atom. The smallest absolute Gasteiger partial charge is 0.224 e. The number of carbonyl (C=O) groups excluding carboxylic acids is 1. The Bertz CT molecular complexity index is 1130. The summed E-state index contributed by atoms with van der Waals surface area (Å²) in [5.41, 5.74) is 1.44. The lowest BCUT2D eigenvalue weighted by molar-refractivity contribution is -0.117. The zero-order valence-corrected chi connectivity index (χ0v) is 22.1. The van der Waals surface area contributed by atoms with Gasteiger partial charge in [-0.1, -0.05) is 37.0 Å². The highest BCUT2D eigenvalue weighted by atomic mass is 35.5. The molecular weight excluding hydrogens is 499 g/mol. The number of anilines is 1. The van der Waals surface area contributed by atoms with E-state index in [-0.39, 0.29) is 40.0 Å². The van der Waals surface area contributed by atoms with Crippen molar-refractivity contribution >= 4 is 44.8 Å². The number of halogens is 2. The molecule has 10 heteroatoms. The van der Waals surface area contributed by atoms with Crippen molar-refractivity contribution in [3.05, 3.63) is 45.9 Å². The molecule has 1 atom stereocenters. The number of sulfonamides is 1. The van der Waals surface area contributed by atoms with Gasteiger partial charge in [-0.25, -0.2) is 12.7 Å². The maximum Gasteiger partial charge on any atom is 0.224 e. The van der Waals surface area contributed by atoms with Gasteiger partial charge in [0.1, 0.15) is 11.5 Å². The first-order valence-electron chi connectivity index (χ1n) is 11.1. The number of piperidine rings is 1. The molecule has 34 heavy (non-hydrogen) atoms. The number of nitrogens with zero attached hydrogens (tertiary/aromatic N) is 1. The van der Waals surface area contributed by atoms with E-state index in [4.69, 9.17) is 32.7 Å². The number of hydrogen-bond acceptors (Lipinski definition) is 5. The van der Waals surface area contributed by atoms with Crippen molar-refractivity contribution in [1.82, 2.24) is 4.31 Å². The van der Waals surface area contributed by atoms with E-state index in [1.807, 2.05) is 12.1 Å². The first kappa shape index (κ1) is 26.6. The summed E-state index contributed by atoms with van der Waals surface area (Å²) in [5, 5.41) is 3.32. The normalized spacial score (nSPS) is 17.0. The number of rotatable bonds is 8. The quantitative estimate of drug-likeness (QED) is 0.459. The van der Waals surface area contributed by atoms with E-state index in [9.17, 15) is 13.2 Å². The second-order valence-corrected chi connectivity index (χ2v) is 11.6. The van der Waals surface area contributed by atoms with E-state index in [0.717, 1.165) is 24.2 Å². The first-order chi connectivity index (χ1) is 16.0. The van der Waals surface area contributed by atoms with Crippen LogP contribution in [0.2, 0.25) is 10.0 Å². The van der Waals surface area contributed by atoms with Gasteiger partial charge in [0.05, 0.1) is 23.4 Å². The Morgan fingerprint density at radius 2 is 1.88 bits per heavy atom. The third kappa shape index (κ3) is 6.78. The molecule has 1 N–H and O–H groups in total. The van der Waals surface area contributed by atoms with Crippen molar-refractivity contribution < 1.29 is 22.7 Å². The van der Waals surface area contributed by atoms with Crippen LogP contribution in [0.4, 0.5) is 5.69 Å². The molecule has 1 heterocycles. The minimum atomic E-state index is -3.26. The van der Waals surface area contributed by atoms with Gasteiger partial charge in [0.2, 0.25) is 15.9 Å². The zero-order chi connectivity index (χ0) is 25.0. The van der Waals surface area contributed by atoms with Crippen LogP contribution in [-0.2, 0) is 14.8 Å². The number of benzene rings is 2. The molecule has 1 aliphatic rings. The molecule has 1 amide bonds. The minimum Gasteiger partial charge on any atom is -0.496 e. The van der Waals surface area contributed by atoms with Crippen LogP contribution in [0.3, 0.4) is 0 Å². The number of hydrogen-bond donors (Lipinski definition) is 1. The van der Waals surface area contributed by atoms with Gasteiger partial charge in [-0.05, 0) is 55.0 Å². The van der Waals surface area contributed by atoms with Gasteiger partial charge in [-0.3, -0.25) is 4.79 Å². The van der Waals surface area contributed by atoms with Crippen LogP contribution in [0, 0.1) is 5.92 Å². The number of carbonyl (C=O) groups is 1. The molecule has 0 saturated carbocycles. The Hall–Kier alpha value is -2.00. The molecule has 1 saturated heterocycles. The van der Waals surface area contributed by atoms with Crippen LogP contribution in [0.1, 0.15) is 44.6 Å². The summed E-state index contributed by atoms with van der Waals surface area (Å²) in [7, 11) is -1.64. The molecule has 0 aliphatic carbocycles. The van der Waals surface area contributed by atoms with Gasteiger partial charge in [0.25, 0.3) is 0 Å². The van der Waals surface area contributed by atoms with Gasteiger partial charge in [-0.15, -0.1) is 0 Å². The Kier molecular flexibility index (Phi) is 8.73. The van der Waals surface area contributed by atoms with Gasteiger partial charge in [0.15, 0.2) is 5.75 Å². The molecule has 0 radical (unpaired) electrons. The minimum absolute atomic E-state index is 0.0396. The van der Waals surface area contributed by atoms with Crippen molar-refractivity contribution in [2.24, 2.45) is 5.92 Å². The molecule has 2 aromatic carbocycles. The molecule has 1 unspecified atom stereocenters. The van der Waals surface area contributed by atoms with Crippen LogP contribution in [0.15, 0.2) is 30.3 Å². The third-order valence-corrected chi connectivity index (χ3v) is 7.58. The van der Waals surface area contributed by atoms with Gasteiger partial charge < -0.3 is 14.8 Å². The SMILES string of the molecule is COc1ccc(Oc2c(Cl)cc(NC(=O)CC3CCCN(S(C)(=O)=O)C3)cc2Cl)cc1C(C)C. The maximum absolute atomic E-state index is 12.6. The predicted octanol–water partition coefficient (Wildman–Crippen LogP) is 5.92. The zero-order valence-electron chi connectivity index (χ0n) is 19.7. The Morgan fingerprint density at radius 1 is 1.21 bits per heavy atom. The number of ether oxygens (including phenoxy) is 2. The van der Waals surface area contributed by atoms with Gasteiger partial charge in [-0.2, -0.15) is 0 Å². The fraction of sp³-hybridized carbons (Fsp3) is 0.458. The topological polar surface area (TPSA) is 84.9 Å². The van der Waals surface area contributed by atoms with Crippen molar-refractivity contribution in [2.45, 2.75) is 39.0 Å². The fourth-order valence-electron chi connectivity index (χ4n) is 4.04. The van der Waals surface area contributed by atoms with Gasteiger partial charge in [0, 0.05) is 30.8 Å². The summed E-state index contributed by atoms with van der Waals surface area (Å²) < 4.78 is 36.4. The summed E-state index contributed by atoms with van der Waals surface area (Å²) in [5.74, 6) is 1.60. The molecule has 2 aromatic rings. The summed E-state index contributed by atoms with van der Waals surface area (Å²) in [4.78, 5) is 12.6. The van der Waals surface area contributed by atoms with Crippen LogP contribution >= 0.6 is 23.2 Å². The molecule has 0 bridgehead atoms. The van der Waals surface area contributed by atoms with Crippen molar-refractivity contribution in [2.75, 3.05) is 31.8 Å². The predicted molar refractivity (Wildman–Crippen MR) is 136 cm³/mol. The highest BCUT2D eigenvalue weighted by Gasteiger charge is 2.27. The Labute approximate surface area is 211 Å². The number of nitrogens with one attached hydrogen (secondary N) is 1.